The first-order valence-corrected chi connectivity index (χ1v) is 7.40. The molecule has 0 spiro atoms. The average Bonchev–Trinajstić information content (AvgIpc) is 2.41. The highest BCUT2D eigenvalue weighted by molar-refractivity contribution is 7.89. The second kappa shape index (κ2) is 7.68. The van der Waals surface area contributed by atoms with Crippen LogP contribution in [-0.4, -0.2) is 15.0 Å². The van der Waals surface area contributed by atoms with Crippen molar-refractivity contribution in [1.29, 1.82) is 0 Å². The van der Waals surface area contributed by atoms with Crippen LogP contribution in [0.2, 0.25) is 0 Å². The highest BCUT2D eigenvalue weighted by atomic mass is 32.2. The lowest BCUT2D eigenvalue weighted by Gasteiger charge is -1.93. The van der Waals surface area contributed by atoms with Crippen LogP contribution in [0.3, 0.4) is 0 Å². The van der Waals surface area contributed by atoms with Gasteiger partial charge in [0.1, 0.15) is 0 Å². The molecule has 4 N–H and O–H groups in total. The van der Waals surface area contributed by atoms with Gasteiger partial charge in [0.2, 0.25) is 10.0 Å². The molecule has 2 rings (SSSR count). The van der Waals surface area contributed by atoms with Crippen LogP contribution in [-0.2, 0) is 16.4 Å². The fourth-order valence-corrected chi connectivity index (χ4v) is 1.96. The van der Waals surface area contributed by atoms with Crippen molar-refractivity contribution in [3.63, 3.8) is 0 Å². The highest BCUT2D eigenvalue weighted by Gasteiger charge is 2.03. The van der Waals surface area contributed by atoms with Crippen LogP contribution in [0.5, 0.6) is 0 Å². The van der Waals surface area contributed by atoms with Crippen LogP contribution in [0.1, 0.15) is 5.56 Å². The lowest BCUT2D eigenvalue weighted by atomic mass is 10.2. The van der Waals surface area contributed by atoms with E-state index in [1.807, 2.05) is 18.2 Å². The first-order chi connectivity index (χ1) is 9.04. The van der Waals surface area contributed by atoms with E-state index >= 15 is 0 Å². The van der Waals surface area contributed by atoms with Crippen LogP contribution in [0, 0.1) is 0 Å². The summed E-state index contributed by atoms with van der Waals surface area (Å²) in [6.45, 7) is 0.740. The van der Waals surface area contributed by atoms with Gasteiger partial charge in [-0.15, -0.1) is 0 Å². The molecule has 5 heteroatoms. The minimum Gasteiger partial charge on any atom is -0.330 e. The first-order valence-electron chi connectivity index (χ1n) is 5.86. The molecule has 0 radical (unpaired) electrons. The van der Waals surface area contributed by atoms with Gasteiger partial charge in [-0.1, -0.05) is 48.5 Å². The van der Waals surface area contributed by atoms with Crippen molar-refractivity contribution in [2.75, 3.05) is 6.54 Å². The van der Waals surface area contributed by atoms with Crippen molar-refractivity contribution < 1.29 is 8.42 Å². The largest absolute Gasteiger partial charge is 0.330 e. The monoisotopic (exact) mass is 278 g/mol. The van der Waals surface area contributed by atoms with Crippen molar-refractivity contribution in [2.45, 2.75) is 11.3 Å². The van der Waals surface area contributed by atoms with Gasteiger partial charge in [0, 0.05) is 0 Å². The van der Waals surface area contributed by atoms with Crippen LogP contribution >= 0.6 is 0 Å². The summed E-state index contributed by atoms with van der Waals surface area (Å²) in [6, 6.07) is 18.1. The Labute approximate surface area is 114 Å². The Balaban J connectivity index is 0.000000191. The molecular formula is C14H18N2O2S. The van der Waals surface area contributed by atoms with Gasteiger partial charge in [-0.25, -0.2) is 13.6 Å². The zero-order valence-electron chi connectivity index (χ0n) is 10.6. The molecule has 0 aliphatic carbocycles. The zero-order valence-corrected chi connectivity index (χ0v) is 11.4. The van der Waals surface area contributed by atoms with Gasteiger partial charge in [0.15, 0.2) is 0 Å². The second-order valence-corrected chi connectivity index (χ2v) is 5.44. The molecule has 2 aromatic rings. The second-order valence-electron chi connectivity index (χ2n) is 3.88. The smallest absolute Gasteiger partial charge is 0.238 e. The Morgan fingerprint density at radius 3 is 1.68 bits per heavy atom. The summed E-state index contributed by atoms with van der Waals surface area (Å²) in [6.07, 6.45) is 0.987. The van der Waals surface area contributed by atoms with Crippen molar-refractivity contribution in [2.24, 2.45) is 10.9 Å². The van der Waals surface area contributed by atoms with Crippen LogP contribution in [0.25, 0.3) is 0 Å². The summed E-state index contributed by atoms with van der Waals surface area (Å²) in [5.74, 6) is 0. The van der Waals surface area contributed by atoms with Crippen LogP contribution in [0.15, 0.2) is 65.6 Å². The normalized spacial score (nSPS) is 10.4. The molecular weight excluding hydrogens is 260 g/mol. The van der Waals surface area contributed by atoms with E-state index in [0.717, 1.165) is 13.0 Å². The van der Waals surface area contributed by atoms with Crippen molar-refractivity contribution >= 4 is 10.0 Å². The molecule has 0 atom stereocenters. The molecule has 0 heterocycles. The van der Waals surface area contributed by atoms with Crippen molar-refractivity contribution in [1.82, 2.24) is 0 Å². The Morgan fingerprint density at radius 1 is 0.842 bits per heavy atom. The molecule has 0 unspecified atom stereocenters. The molecule has 0 aliphatic heterocycles. The summed E-state index contributed by atoms with van der Waals surface area (Å²) in [7, 11) is -3.50. The predicted molar refractivity (Wildman–Crippen MR) is 77.0 cm³/mol. The van der Waals surface area contributed by atoms with Gasteiger partial charge < -0.3 is 5.73 Å². The third kappa shape index (κ3) is 6.15. The van der Waals surface area contributed by atoms with E-state index in [9.17, 15) is 8.42 Å². The number of benzene rings is 2. The van der Waals surface area contributed by atoms with Crippen molar-refractivity contribution in [3.05, 3.63) is 66.2 Å². The predicted octanol–water partition coefficient (Wildman–Crippen LogP) is 1.52. The highest BCUT2D eigenvalue weighted by Crippen LogP contribution is 2.03. The fraction of sp³-hybridized carbons (Fsp3) is 0.143. The maximum absolute atomic E-state index is 10.6. The molecule has 2 aromatic carbocycles. The van der Waals surface area contributed by atoms with E-state index < -0.39 is 10.0 Å². The van der Waals surface area contributed by atoms with E-state index in [0.29, 0.717) is 0 Å². The van der Waals surface area contributed by atoms with Crippen LogP contribution in [0.4, 0.5) is 0 Å². The van der Waals surface area contributed by atoms with Gasteiger partial charge in [0.05, 0.1) is 4.90 Å². The number of nitrogens with two attached hydrogens (primary N) is 2. The summed E-state index contributed by atoms with van der Waals surface area (Å²) >= 11 is 0. The standard InChI is InChI=1S/C8H11N.C6H7NO2S/c9-7-6-8-4-2-1-3-5-8;7-10(8,9)6-4-2-1-3-5-6/h1-5H,6-7,9H2;1-5H,(H2,7,8,9). The zero-order chi connectivity index (χ0) is 14.1. The quantitative estimate of drug-likeness (QED) is 0.892. The third-order valence-corrected chi connectivity index (χ3v) is 3.28. The molecule has 102 valence electrons. The number of primary sulfonamides is 1. The average molecular weight is 278 g/mol. The van der Waals surface area contributed by atoms with E-state index in [1.165, 1.54) is 17.7 Å². The van der Waals surface area contributed by atoms with Gasteiger partial charge >= 0.3 is 0 Å². The van der Waals surface area contributed by atoms with Gasteiger partial charge in [0.25, 0.3) is 0 Å². The van der Waals surface area contributed by atoms with E-state index in [4.69, 9.17) is 10.9 Å². The first kappa shape index (κ1) is 15.4. The maximum atomic E-state index is 10.6. The molecule has 19 heavy (non-hydrogen) atoms. The molecule has 0 saturated carbocycles. The lowest BCUT2D eigenvalue weighted by Crippen LogP contribution is -2.11. The van der Waals surface area contributed by atoms with E-state index in [2.05, 4.69) is 12.1 Å². The molecule has 0 aromatic heterocycles. The summed E-state index contributed by atoms with van der Waals surface area (Å²) in [5, 5.41) is 4.83. The number of rotatable bonds is 3. The SMILES string of the molecule is NCCc1ccccc1.NS(=O)(=O)c1ccccc1. The molecule has 0 aliphatic rings. The summed E-state index contributed by atoms with van der Waals surface area (Å²) in [5.41, 5.74) is 6.68. The third-order valence-electron chi connectivity index (χ3n) is 2.35. The number of sulfonamides is 1. The molecule has 0 bridgehead atoms. The van der Waals surface area contributed by atoms with Crippen molar-refractivity contribution in [3.8, 4) is 0 Å². The van der Waals surface area contributed by atoms with Gasteiger partial charge in [-0.2, -0.15) is 0 Å². The van der Waals surface area contributed by atoms with Gasteiger partial charge in [-0.05, 0) is 30.7 Å². The summed E-state index contributed by atoms with van der Waals surface area (Å²) in [4.78, 5) is 0.148. The van der Waals surface area contributed by atoms with E-state index in [1.54, 1.807) is 18.2 Å². The minimum absolute atomic E-state index is 0.148. The molecule has 0 fully saturated rings. The minimum atomic E-state index is -3.50. The Kier molecular flexibility index (Phi) is 6.21. The van der Waals surface area contributed by atoms with E-state index in [-0.39, 0.29) is 4.90 Å². The molecule has 4 nitrogen and oxygen atoms in total. The van der Waals surface area contributed by atoms with Crippen LogP contribution < -0.4 is 10.9 Å². The topological polar surface area (TPSA) is 86.2 Å². The Morgan fingerprint density at radius 2 is 1.32 bits per heavy atom. The van der Waals surface area contributed by atoms with Gasteiger partial charge in [-0.3, -0.25) is 0 Å². The number of hydrogen-bond acceptors (Lipinski definition) is 3. The molecule has 0 saturated heterocycles. The lowest BCUT2D eigenvalue weighted by molar-refractivity contribution is 0.598. The fourth-order valence-electron chi connectivity index (χ4n) is 1.42. The maximum Gasteiger partial charge on any atom is 0.238 e. The Bertz CT molecular complexity index is 569. The summed E-state index contributed by atoms with van der Waals surface area (Å²) < 4.78 is 21.2. The number of hydrogen-bond donors (Lipinski definition) is 2. The Hall–Kier alpha value is -1.69. The molecule has 0 amide bonds.